The molecule has 1 aromatic heterocycles. The van der Waals surface area contributed by atoms with Gasteiger partial charge in [0.15, 0.2) is 0 Å². The highest BCUT2D eigenvalue weighted by Crippen LogP contribution is 2.22. The number of pyridine rings is 1. The molecule has 0 amide bonds. The number of hydrogen-bond donors (Lipinski definition) is 1. The van der Waals surface area contributed by atoms with Crippen molar-refractivity contribution in [1.29, 1.82) is 0 Å². The van der Waals surface area contributed by atoms with E-state index in [9.17, 15) is 4.39 Å². The summed E-state index contributed by atoms with van der Waals surface area (Å²) < 4.78 is 13.1. The molecule has 1 N–H and O–H groups in total. The Morgan fingerprint density at radius 2 is 2.16 bits per heavy atom. The first-order valence-corrected chi connectivity index (χ1v) is 6.53. The third kappa shape index (κ3) is 3.61. The molecular weight excluding hydrogens is 239 g/mol. The molecule has 0 saturated carbocycles. The second-order valence-electron chi connectivity index (χ2n) is 4.74. The minimum atomic E-state index is -0.177. The summed E-state index contributed by atoms with van der Waals surface area (Å²) in [5.74, 6) is -0.177. The highest BCUT2D eigenvalue weighted by Gasteiger charge is 2.12. The number of nitrogens with zero attached hydrogens (tertiary/aromatic N) is 1. The van der Waals surface area contributed by atoms with Gasteiger partial charge in [-0.15, -0.1) is 0 Å². The van der Waals surface area contributed by atoms with Crippen LogP contribution in [0.5, 0.6) is 0 Å². The van der Waals surface area contributed by atoms with Crippen LogP contribution in [0.4, 0.5) is 4.39 Å². The maximum atomic E-state index is 13.1. The molecule has 2 nitrogen and oxygen atoms in total. The predicted molar refractivity (Wildman–Crippen MR) is 75.5 cm³/mol. The van der Waals surface area contributed by atoms with Gasteiger partial charge >= 0.3 is 0 Å². The van der Waals surface area contributed by atoms with Crippen LogP contribution in [0.25, 0.3) is 0 Å². The lowest BCUT2D eigenvalue weighted by molar-refractivity contribution is 0.543. The largest absolute Gasteiger partial charge is 0.313 e. The van der Waals surface area contributed by atoms with E-state index in [2.05, 4.69) is 16.4 Å². The Balaban J connectivity index is 2.08. The molecule has 0 aliphatic rings. The van der Waals surface area contributed by atoms with Crippen LogP contribution in [0.2, 0.25) is 0 Å². The quantitative estimate of drug-likeness (QED) is 0.888. The standard InChI is InChI=1S/C16H19FN2/c1-12-10-14(17)6-7-15(12)16(18-2)8-5-13-4-3-9-19-11-13/h3-4,6-7,9-11,16,18H,5,8H2,1-2H3. The van der Waals surface area contributed by atoms with Crippen molar-refractivity contribution in [3.63, 3.8) is 0 Å². The molecule has 0 spiro atoms. The third-order valence-electron chi connectivity index (χ3n) is 3.40. The Labute approximate surface area is 113 Å². The smallest absolute Gasteiger partial charge is 0.123 e. The number of nitrogens with one attached hydrogen (secondary N) is 1. The summed E-state index contributed by atoms with van der Waals surface area (Å²) in [6.45, 7) is 1.95. The Morgan fingerprint density at radius 1 is 1.32 bits per heavy atom. The molecule has 1 unspecified atom stereocenters. The zero-order valence-electron chi connectivity index (χ0n) is 11.4. The summed E-state index contributed by atoms with van der Waals surface area (Å²) in [5, 5.41) is 3.31. The van der Waals surface area contributed by atoms with Crippen molar-refractivity contribution in [1.82, 2.24) is 10.3 Å². The zero-order valence-corrected chi connectivity index (χ0v) is 11.4. The van der Waals surface area contributed by atoms with Crippen molar-refractivity contribution < 1.29 is 4.39 Å². The van der Waals surface area contributed by atoms with Crippen LogP contribution < -0.4 is 5.32 Å². The maximum Gasteiger partial charge on any atom is 0.123 e. The molecule has 1 aromatic carbocycles. The normalized spacial score (nSPS) is 12.4. The Kier molecular flexibility index (Phi) is 4.63. The molecule has 2 rings (SSSR count). The minimum absolute atomic E-state index is 0.177. The molecule has 100 valence electrons. The van der Waals surface area contributed by atoms with E-state index < -0.39 is 0 Å². The lowest BCUT2D eigenvalue weighted by Gasteiger charge is -2.19. The number of hydrogen-bond acceptors (Lipinski definition) is 2. The van der Waals surface area contributed by atoms with Crippen molar-refractivity contribution in [2.45, 2.75) is 25.8 Å². The topological polar surface area (TPSA) is 24.9 Å². The lowest BCUT2D eigenvalue weighted by atomic mass is 9.96. The van der Waals surface area contributed by atoms with E-state index in [0.29, 0.717) is 0 Å². The molecule has 0 aliphatic heterocycles. The molecule has 1 heterocycles. The van der Waals surface area contributed by atoms with Crippen LogP contribution in [-0.2, 0) is 6.42 Å². The molecule has 0 fully saturated rings. The van der Waals surface area contributed by atoms with Gasteiger partial charge in [-0.25, -0.2) is 4.39 Å². The molecule has 0 bridgehead atoms. The van der Waals surface area contributed by atoms with Crippen LogP contribution >= 0.6 is 0 Å². The highest BCUT2D eigenvalue weighted by molar-refractivity contribution is 5.29. The van der Waals surface area contributed by atoms with Gasteiger partial charge in [0.1, 0.15) is 5.82 Å². The van der Waals surface area contributed by atoms with E-state index in [1.54, 1.807) is 12.3 Å². The van der Waals surface area contributed by atoms with Gasteiger partial charge in [0.05, 0.1) is 0 Å². The van der Waals surface area contributed by atoms with E-state index in [0.717, 1.165) is 24.0 Å². The lowest BCUT2D eigenvalue weighted by Crippen LogP contribution is -2.18. The molecule has 0 saturated heterocycles. The van der Waals surface area contributed by atoms with E-state index in [1.165, 1.54) is 11.6 Å². The molecule has 0 radical (unpaired) electrons. The number of aryl methyl sites for hydroxylation is 2. The second-order valence-corrected chi connectivity index (χ2v) is 4.74. The Bertz CT molecular complexity index is 526. The predicted octanol–water partition coefficient (Wildman–Crippen LogP) is 3.42. The van der Waals surface area contributed by atoms with Gasteiger partial charge < -0.3 is 5.32 Å². The first-order chi connectivity index (χ1) is 9.20. The molecule has 19 heavy (non-hydrogen) atoms. The van der Waals surface area contributed by atoms with Crippen LogP contribution in [0.3, 0.4) is 0 Å². The molecule has 2 aromatic rings. The summed E-state index contributed by atoms with van der Waals surface area (Å²) in [5.41, 5.74) is 3.38. The minimum Gasteiger partial charge on any atom is -0.313 e. The van der Waals surface area contributed by atoms with Gasteiger partial charge in [0, 0.05) is 18.4 Å². The average Bonchev–Trinajstić information content (AvgIpc) is 2.42. The highest BCUT2D eigenvalue weighted by atomic mass is 19.1. The van der Waals surface area contributed by atoms with Gasteiger partial charge in [-0.1, -0.05) is 12.1 Å². The van der Waals surface area contributed by atoms with E-state index in [-0.39, 0.29) is 11.9 Å². The van der Waals surface area contributed by atoms with Gasteiger partial charge in [0.25, 0.3) is 0 Å². The Morgan fingerprint density at radius 3 is 2.79 bits per heavy atom. The van der Waals surface area contributed by atoms with Crippen molar-refractivity contribution in [3.8, 4) is 0 Å². The van der Waals surface area contributed by atoms with Crippen LogP contribution in [-0.4, -0.2) is 12.0 Å². The van der Waals surface area contributed by atoms with Crippen molar-refractivity contribution in [2.75, 3.05) is 7.05 Å². The zero-order chi connectivity index (χ0) is 13.7. The number of benzene rings is 1. The van der Waals surface area contributed by atoms with Gasteiger partial charge in [-0.3, -0.25) is 4.98 Å². The maximum absolute atomic E-state index is 13.1. The first-order valence-electron chi connectivity index (χ1n) is 6.53. The third-order valence-corrected chi connectivity index (χ3v) is 3.40. The average molecular weight is 258 g/mol. The fourth-order valence-corrected chi connectivity index (χ4v) is 2.34. The van der Waals surface area contributed by atoms with E-state index in [1.807, 2.05) is 32.3 Å². The molecule has 1 atom stereocenters. The summed E-state index contributed by atoms with van der Waals surface area (Å²) in [4.78, 5) is 4.12. The molecule has 0 aliphatic carbocycles. The van der Waals surface area contributed by atoms with Crippen molar-refractivity contribution in [2.24, 2.45) is 0 Å². The van der Waals surface area contributed by atoms with Gasteiger partial charge in [0.2, 0.25) is 0 Å². The SMILES string of the molecule is CNC(CCc1cccnc1)c1ccc(F)cc1C. The van der Waals surface area contributed by atoms with E-state index in [4.69, 9.17) is 0 Å². The fraction of sp³-hybridized carbons (Fsp3) is 0.312. The monoisotopic (exact) mass is 258 g/mol. The number of aromatic nitrogens is 1. The van der Waals surface area contributed by atoms with Crippen molar-refractivity contribution >= 4 is 0 Å². The van der Waals surface area contributed by atoms with Crippen LogP contribution in [0.1, 0.15) is 29.2 Å². The van der Waals surface area contributed by atoms with Gasteiger partial charge in [-0.2, -0.15) is 0 Å². The summed E-state index contributed by atoms with van der Waals surface area (Å²) in [6.07, 6.45) is 5.60. The van der Waals surface area contributed by atoms with E-state index >= 15 is 0 Å². The van der Waals surface area contributed by atoms with Crippen LogP contribution in [0, 0.1) is 12.7 Å². The molecular formula is C16H19FN2. The summed E-state index contributed by atoms with van der Waals surface area (Å²) >= 11 is 0. The Hall–Kier alpha value is -1.74. The fourth-order valence-electron chi connectivity index (χ4n) is 2.34. The molecule has 3 heteroatoms. The second kappa shape index (κ2) is 6.43. The summed E-state index contributed by atoms with van der Waals surface area (Å²) in [6, 6.07) is 9.25. The number of halogens is 1. The van der Waals surface area contributed by atoms with Crippen molar-refractivity contribution in [3.05, 3.63) is 65.2 Å². The summed E-state index contributed by atoms with van der Waals surface area (Å²) in [7, 11) is 1.94. The van der Waals surface area contributed by atoms with Crippen LogP contribution in [0.15, 0.2) is 42.7 Å². The first kappa shape index (κ1) is 13.7. The number of rotatable bonds is 5. The van der Waals surface area contributed by atoms with Gasteiger partial charge in [-0.05, 0) is 61.7 Å².